The molecule has 0 aromatic heterocycles. The lowest BCUT2D eigenvalue weighted by molar-refractivity contribution is -0.123. The van der Waals surface area contributed by atoms with Gasteiger partial charge in [0.25, 0.3) is 5.91 Å². The Kier molecular flexibility index (Phi) is 10.1. The molecular weight excluding hydrogens is 631 g/mol. The molecule has 3 aromatic carbocycles. The van der Waals surface area contributed by atoms with Crippen molar-refractivity contribution in [2.75, 3.05) is 25.2 Å². The molecule has 0 unspecified atom stereocenters. The number of ether oxygens (including phenoxy) is 3. The fourth-order valence-electron chi connectivity index (χ4n) is 3.32. The smallest absolute Gasteiger partial charge is 0.277 e. The number of hydrogen-bond acceptors (Lipinski definition) is 7. The van der Waals surface area contributed by atoms with E-state index in [0.717, 1.165) is 14.7 Å². The Hall–Kier alpha value is -2.08. The van der Waals surface area contributed by atoms with Gasteiger partial charge in [0, 0.05) is 16.5 Å². The zero-order chi connectivity index (χ0) is 25.3. The number of halogens is 2. The number of hydrazone groups is 1. The number of benzene rings is 3. The van der Waals surface area contributed by atoms with Crippen LogP contribution in [-0.2, 0) is 11.4 Å². The fraction of sp³-hybridized carbons (Fsp3) is 0.231. The van der Waals surface area contributed by atoms with E-state index in [1.165, 1.54) is 17.1 Å². The quantitative estimate of drug-likeness (QED) is 0.152. The van der Waals surface area contributed by atoms with Crippen LogP contribution < -0.4 is 19.6 Å². The number of carbonyl (C=O) groups excluding carboxylic acids is 1. The highest BCUT2D eigenvalue weighted by molar-refractivity contribution is 14.1. The summed E-state index contributed by atoms with van der Waals surface area (Å²) >= 11 is 12.0. The van der Waals surface area contributed by atoms with Crippen molar-refractivity contribution in [3.63, 3.8) is 0 Å². The number of nitrogens with one attached hydrogen (secondary N) is 1. The van der Waals surface area contributed by atoms with Gasteiger partial charge in [-0.15, -0.1) is 23.5 Å². The lowest BCUT2D eigenvalue weighted by Crippen LogP contribution is -2.24. The SMILES string of the molecule is COc1cc(/C=N/NC(=O)COc2ccc(C3SCCS3)cc2)cc(I)c1OCc1ccc(Cl)cc1. The molecule has 1 saturated heterocycles. The van der Waals surface area contributed by atoms with Crippen molar-refractivity contribution in [2.45, 2.75) is 11.2 Å². The van der Waals surface area contributed by atoms with E-state index in [4.69, 9.17) is 25.8 Å². The topological polar surface area (TPSA) is 69.2 Å². The molecule has 1 fully saturated rings. The molecule has 3 aromatic rings. The van der Waals surface area contributed by atoms with E-state index < -0.39 is 0 Å². The minimum absolute atomic E-state index is 0.123. The summed E-state index contributed by atoms with van der Waals surface area (Å²) in [6.07, 6.45) is 1.55. The molecule has 0 spiro atoms. The van der Waals surface area contributed by atoms with Gasteiger partial charge in [0.2, 0.25) is 0 Å². The van der Waals surface area contributed by atoms with E-state index >= 15 is 0 Å². The van der Waals surface area contributed by atoms with Crippen LogP contribution in [0, 0.1) is 3.57 Å². The zero-order valence-corrected chi connectivity index (χ0v) is 24.0. The normalized spacial score (nSPS) is 13.6. The molecule has 188 valence electrons. The molecule has 1 heterocycles. The number of rotatable bonds is 10. The number of methoxy groups -OCH3 is 1. The van der Waals surface area contributed by atoms with E-state index in [1.54, 1.807) is 19.4 Å². The molecular formula is C26H24ClIN2O4S2. The number of carbonyl (C=O) groups is 1. The first kappa shape index (κ1) is 27.0. The highest BCUT2D eigenvalue weighted by atomic mass is 127. The summed E-state index contributed by atoms with van der Waals surface area (Å²) in [7, 11) is 1.58. The van der Waals surface area contributed by atoms with Gasteiger partial charge in [0.15, 0.2) is 18.1 Å². The maximum atomic E-state index is 12.2. The molecule has 0 bridgehead atoms. The summed E-state index contributed by atoms with van der Waals surface area (Å²) in [6.45, 7) is 0.260. The van der Waals surface area contributed by atoms with Crippen LogP contribution in [0.3, 0.4) is 0 Å². The van der Waals surface area contributed by atoms with Crippen LogP contribution in [-0.4, -0.2) is 37.3 Å². The van der Waals surface area contributed by atoms with Crippen molar-refractivity contribution in [2.24, 2.45) is 5.10 Å². The highest BCUT2D eigenvalue weighted by Crippen LogP contribution is 2.45. The molecule has 0 radical (unpaired) electrons. The monoisotopic (exact) mass is 654 g/mol. The van der Waals surface area contributed by atoms with E-state index in [9.17, 15) is 4.79 Å². The predicted octanol–water partition coefficient (Wildman–Crippen LogP) is 6.54. The van der Waals surface area contributed by atoms with Crippen LogP contribution in [0.4, 0.5) is 0 Å². The molecule has 0 aliphatic carbocycles. The summed E-state index contributed by atoms with van der Waals surface area (Å²) < 4.78 is 18.4. The van der Waals surface area contributed by atoms with Gasteiger partial charge in [0.1, 0.15) is 12.4 Å². The van der Waals surface area contributed by atoms with Gasteiger partial charge >= 0.3 is 0 Å². The maximum Gasteiger partial charge on any atom is 0.277 e. The van der Waals surface area contributed by atoms with Crippen LogP contribution in [0.2, 0.25) is 5.02 Å². The van der Waals surface area contributed by atoms with E-state index in [1.807, 2.05) is 66.0 Å². The van der Waals surface area contributed by atoms with Crippen molar-refractivity contribution in [1.82, 2.24) is 5.43 Å². The minimum atomic E-state index is -0.346. The minimum Gasteiger partial charge on any atom is -0.493 e. The Morgan fingerprint density at radius 1 is 1.11 bits per heavy atom. The Bertz CT molecular complexity index is 1200. The van der Waals surface area contributed by atoms with Crippen LogP contribution in [0.15, 0.2) is 65.8 Å². The van der Waals surface area contributed by atoms with E-state index in [0.29, 0.717) is 33.5 Å². The standard InChI is InChI=1S/C26H24ClIN2O4S2/c1-32-23-13-18(12-22(28)25(23)34-15-17-2-6-20(27)7-3-17)14-29-30-24(31)16-33-21-8-4-19(5-9-21)26-35-10-11-36-26/h2-9,12-14,26H,10-11,15-16H2,1H3,(H,30,31)/b29-14+. The van der Waals surface area contributed by atoms with Crippen LogP contribution in [0.25, 0.3) is 0 Å². The van der Waals surface area contributed by atoms with Crippen LogP contribution >= 0.6 is 57.7 Å². The summed E-state index contributed by atoms with van der Waals surface area (Å²) in [6, 6.07) is 19.1. The first-order valence-electron chi connectivity index (χ1n) is 11.0. The molecule has 6 nitrogen and oxygen atoms in total. The van der Waals surface area contributed by atoms with Gasteiger partial charge in [-0.05, 0) is 75.7 Å². The molecule has 1 amide bonds. The van der Waals surface area contributed by atoms with Gasteiger partial charge in [0.05, 0.1) is 21.5 Å². The second kappa shape index (κ2) is 13.5. The predicted molar refractivity (Wildman–Crippen MR) is 157 cm³/mol. The van der Waals surface area contributed by atoms with Gasteiger partial charge < -0.3 is 14.2 Å². The second-order valence-electron chi connectivity index (χ2n) is 7.67. The van der Waals surface area contributed by atoms with Gasteiger partial charge in [-0.2, -0.15) is 5.10 Å². The number of amides is 1. The second-order valence-corrected chi connectivity index (χ2v) is 12.0. The van der Waals surface area contributed by atoms with Crippen molar-refractivity contribution in [3.05, 3.63) is 85.9 Å². The Morgan fingerprint density at radius 3 is 2.53 bits per heavy atom. The number of thioether (sulfide) groups is 2. The molecule has 1 N–H and O–H groups in total. The van der Waals surface area contributed by atoms with Crippen molar-refractivity contribution < 1.29 is 19.0 Å². The summed E-state index contributed by atoms with van der Waals surface area (Å²) in [5, 5.41) is 4.73. The molecule has 0 saturated carbocycles. The summed E-state index contributed by atoms with van der Waals surface area (Å²) in [5.41, 5.74) is 5.52. The fourth-order valence-corrected chi connectivity index (χ4v) is 7.09. The van der Waals surface area contributed by atoms with Crippen LogP contribution in [0.1, 0.15) is 21.3 Å². The largest absolute Gasteiger partial charge is 0.493 e. The maximum absolute atomic E-state index is 12.2. The highest BCUT2D eigenvalue weighted by Gasteiger charge is 2.18. The van der Waals surface area contributed by atoms with Crippen molar-refractivity contribution in [1.29, 1.82) is 0 Å². The number of hydrogen-bond donors (Lipinski definition) is 1. The Labute approximate surface area is 237 Å². The van der Waals surface area contributed by atoms with E-state index in [-0.39, 0.29) is 12.5 Å². The third-order valence-electron chi connectivity index (χ3n) is 5.10. The first-order valence-corrected chi connectivity index (χ1v) is 14.6. The average Bonchev–Trinajstić information content (AvgIpc) is 3.43. The Morgan fingerprint density at radius 2 is 1.83 bits per heavy atom. The molecule has 1 aliphatic rings. The lowest BCUT2D eigenvalue weighted by atomic mass is 10.2. The Balaban J connectivity index is 1.28. The third-order valence-corrected chi connectivity index (χ3v) is 9.25. The third kappa shape index (κ3) is 7.71. The molecule has 1 aliphatic heterocycles. The van der Waals surface area contributed by atoms with Crippen molar-refractivity contribution >= 4 is 69.8 Å². The molecule has 0 atom stereocenters. The van der Waals surface area contributed by atoms with Crippen molar-refractivity contribution in [3.8, 4) is 17.2 Å². The van der Waals surface area contributed by atoms with Gasteiger partial charge in [-0.1, -0.05) is 35.9 Å². The summed E-state index contributed by atoms with van der Waals surface area (Å²) in [4.78, 5) is 12.2. The van der Waals surface area contributed by atoms with Gasteiger partial charge in [-0.25, -0.2) is 5.43 Å². The molecule has 36 heavy (non-hydrogen) atoms. The number of nitrogens with zero attached hydrogens (tertiary/aromatic N) is 1. The molecule has 4 rings (SSSR count). The van der Waals surface area contributed by atoms with Gasteiger partial charge in [-0.3, -0.25) is 4.79 Å². The zero-order valence-electron chi connectivity index (χ0n) is 19.4. The van der Waals surface area contributed by atoms with E-state index in [2.05, 4.69) is 45.3 Å². The van der Waals surface area contributed by atoms with Crippen LogP contribution in [0.5, 0.6) is 17.2 Å². The lowest BCUT2D eigenvalue weighted by Gasteiger charge is -2.13. The first-order chi connectivity index (χ1) is 17.5. The average molecular weight is 655 g/mol. The molecule has 10 heteroatoms. The summed E-state index contributed by atoms with van der Waals surface area (Å²) in [5.74, 6) is 3.88.